The topological polar surface area (TPSA) is 67.2 Å². The van der Waals surface area contributed by atoms with E-state index in [-0.39, 0.29) is 23.4 Å². The van der Waals surface area contributed by atoms with Crippen molar-refractivity contribution in [1.29, 1.82) is 0 Å². The van der Waals surface area contributed by atoms with Crippen LogP contribution in [0.15, 0.2) is 71.5 Å². The summed E-state index contributed by atoms with van der Waals surface area (Å²) in [6.45, 7) is 3.23. The zero-order valence-corrected chi connectivity index (χ0v) is 17.4. The summed E-state index contributed by atoms with van der Waals surface area (Å²) in [5.41, 5.74) is 1.10. The van der Waals surface area contributed by atoms with Crippen LogP contribution in [-0.4, -0.2) is 28.8 Å². The van der Waals surface area contributed by atoms with E-state index in [1.165, 1.54) is 22.9 Å². The molecule has 0 spiro atoms. The average Bonchev–Trinajstić information content (AvgIpc) is 2.80. The standard InChI is InChI=1S/C24H25FN4O2/c1-17(18-7-3-2-4-8-18)26-24(31)19-9-6-14-28(16-19)22-12-13-23(30)29(27-22)21-11-5-10-20(25)15-21/h2-5,7-8,10-13,15,17,19H,6,9,14,16H2,1H3,(H,26,31)/t17-,19-/m1/s1. The molecule has 1 saturated heterocycles. The van der Waals surface area contributed by atoms with Gasteiger partial charge in [-0.3, -0.25) is 9.59 Å². The monoisotopic (exact) mass is 420 g/mol. The van der Waals surface area contributed by atoms with E-state index >= 15 is 0 Å². The van der Waals surface area contributed by atoms with Gasteiger partial charge in [-0.1, -0.05) is 36.4 Å². The molecule has 1 aliphatic rings. The van der Waals surface area contributed by atoms with Crippen molar-refractivity contribution >= 4 is 11.7 Å². The van der Waals surface area contributed by atoms with Crippen molar-refractivity contribution in [3.8, 4) is 5.69 Å². The van der Waals surface area contributed by atoms with Crippen LogP contribution in [0.3, 0.4) is 0 Å². The van der Waals surface area contributed by atoms with E-state index in [2.05, 4.69) is 10.4 Å². The van der Waals surface area contributed by atoms with Crippen LogP contribution in [0.4, 0.5) is 10.2 Å². The van der Waals surface area contributed by atoms with Crippen LogP contribution in [0.1, 0.15) is 31.4 Å². The number of hydrogen-bond donors (Lipinski definition) is 1. The largest absolute Gasteiger partial charge is 0.354 e. The van der Waals surface area contributed by atoms with Crippen molar-refractivity contribution in [3.63, 3.8) is 0 Å². The number of hydrogen-bond acceptors (Lipinski definition) is 4. The number of benzene rings is 2. The Bertz CT molecular complexity index is 1120. The molecule has 0 saturated carbocycles. The minimum Gasteiger partial charge on any atom is -0.354 e. The molecule has 6 nitrogen and oxygen atoms in total. The predicted octanol–water partition coefficient (Wildman–Crippen LogP) is 3.47. The van der Waals surface area contributed by atoms with Gasteiger partial charge in [0.2, 0.25) is 5.91 Å². The summed E-state index contributed by atoms with van der Waals surface area (Å²) in [6.07, 6.45) is 1.64. The quantitative estimate of drug-likeness (QED) is 0.686. The van der Waals surface area contributed by atoms with E-state index < -0.39 is 5.82 Å². The lowest BCUT2D eigenvalue weighted by Crippen LogP contribution is -2.44. The molecule has 0 radical (unpaired) electrons. The van der Waals surface area contributed by atoms with Gasteiger partial charge in [-0.15, -0.1) is 5.10 Å². The number of aromatic nitrogens is 2. The molecule has 7 heteroatoms. The average molecular weight is 420 g/mol. The summed E-state index contributed by atoms with van der Waals surface area (Å²) >= 11 is 0. The highest BCUT2D eigenvalue weighted by molar-refractivity contribution is 5.80. The Morgan fingerprint density at radius 3 is 2.71 bits per heavy atom. The molecule has 1 amide bonds. The van der Waals surface area contributed by atoms with Gasteiger partial charge in [0, 0.05) is 19.2 Å². The van der Waals surface area contributed by atoms with Gasteiger partial charge in [0.1, 0.15) is 11.6 Å². The number of carbonyl (C=O) groups is 1. The highest BCUT2D eigenvalue weighted by atomic mass is 19.1. The van der Waals surface area contributed by atoms with Crippen molar-refractivity contribution in [2.45, 2.75) is 25.8 Å². The maximum Gasteiger partial charge on any atom is 0.271 e. The minimum absolute atomic E-state index is 0.0134. The number of piperidine rings is 1. The van der Waals surface area contributed by atoms with Crippen molar-refractivity contribution in [2.24, 2.45) is 5.92 Å². The molecule has 2 aromatic carbocycles. The third kappa shape index (κ3) is 4.82. The Morgan fingerprint density at radius 2 is 1.94 bits per heavy atom. The SMILES string of the molecule is C[C@@H](NC(=O)[C@@H]1CCCN(c2ccc(=O)n(-c3cccc(F)c3)n2)C1)c1ccccc1. The molecule has 1 aromatic heterocycles. The maximum atomic E-state index is 13.6. The first-order chi connectivity index (χ1) is 15.0. The van der Waals surface area contributed by atoms with Crippen LogP contribution < -0.4 is 15.8 Å². The normalized spacial score (nSPS) is 17.2. The van der Waals surface area contributed by atoms with Gasteiger partial charge < -0.3 is 10.2 Å². The molecule has 4 rings (SSSR count). The van der Waals surface area contributed by atoms with Crippen LogP contribution >= 0.6 is 0 Å². The molecule has 0 bridgehead atoms. The smallest absolute Gasteiger partial charge is 0.271 e. The second-order valence-electron chi connectivity index (χ2n) is 7.85. The molecule has 160 valence electrons. The van der Waals surface area contributed by atoms with Crippen LogP contribution in [0.5, 0.6) is 0 Å². The molecule has 3 aromatic rings. The van der Waals surface area contributed by atoms with Gasteiger partial charge in [-0.2, -0.15) is 4.68 Å². The summed E-state index contributed by atoms with van der Waals surface area (Å²) in [5, 5.41) is 7.55. The fourth-order valence-corrected chi connectivity index (χ4v) is 3.92. The predicted molar refractivity (Wildman–Crippen MR) is 118 cm³/mol. The van der Waals surface area contributed by atoms with Gasteiger partial charge in [-0.05, 0) is 49.6 Å². The van der Waals surface area contributed by atoms with Crippen LogP contribution in [-0.2, 0) is 4.79 Å². The summed E-state index contributed by atoms with van der Waals surface area (Å²) in [4.78, 5) is 27.2. The molecule has 0 unspecified atom stereocenters. The van der Waals surface area contributed by atoms with Crippen molar-refractivity contribution in [2.75, 3.05) is 18.0 Å². The third-order valence-electron chi connectivity index (χ3n) is 5.61. The first-order valence-corrected chi connectivity index (χ1v) is 10.5. The Balaban J connectivity index is 1.49. The highest BCUT2D eigenvalue weighted by Gasteiger charge is 2.28. The zero-order valence-electron chi connectivity index (χ0n) is 17.4. The molecular weight excluding hydrogens is 395 g/mol. The number of halogens is 1. The van der Waals surface area contributed by atoms with E-state index in [0.29, 0.717) is 18.1 Å². The summed E-state index contributed by atoms with van der Waals surface area (Å²) in [6, 6.07) is 18.6. The first-order valence-electron chi connectivity index (χ1n) is 10.5. The number of nitrogens with zero attached hydrogens (tertiary/aromatic N) is 3. The third-order valence-corrected chi connectivity index (χ3v) is 5.61. The van der Waals surface area contributed by atoms with Crippen molar-refractivity contribution < 1.29 is 9.18 Å². The molecule has 0 aliphatic carbocycles. The number of anilines is 1. The lowest BCUT2D eigenvalue weighted by atomic mass is 9.96. The number of nitrogens with one attached hydrogen (secondary N) is 1. The molecule has 1 aliphatic heterocycles. The second kappa shape index (κ2) is 9.12. The van der Waals surface area contributed by atoms with Crippen molar-refractivity contribution in [1.82, 2.24) is 15.1 Å². The lowest BCUT2D eigenvalue weighted by Gasteiger charge is -2.33. The van der Waals surface area contributed by atoms with Crippen LogP contribution in [0.25, 0.3) is 5.69 Å². The van der Waals surface area contributed by atoms with Gasteiger partial charge in [0.05, 0.1) is 17.6 Å². The maximum absolute atomic E-state index is 13.6. The van der Waals surface area contributed by atoms with E-state index in [1.54, 1.807) is 18.2 Å². The van der Waals surface area contributed by atoms with Gasteiger partial charge in [0.15, 0.2) is 0 Å². The Labute approximate surface area is 180 Å². The van der Waals surface area contributed by atoms with Crippen molar-refractivity contribution in [3.05, 3.63) is 88.5 Å². The number of amides is 1. The van der Waals surface area contributed by atoms with Gasteiger partial charge in [0.25, 0.3) is 5.56 Å². The minimum atomic E-state index is -0.432. The number of rotatable bonds is 5. The fourth-order valence-electron chi connectivity index (χ4n) is 3.92. The summed E-state index contributed by atoms with van der Waals surface area (Å²) in [7, 11) is 0. The summed E-state index contributed by atoms with van der Waals surface area (Å²) < 4.78 is 14.8. The number of carbonyl (C=O) groups excluding carboxylic acids is 1. The second-order valence-corrected chi connectivity index (χ2v) is 7.85. The molecule has 2 atom stereocenters. The Hall–Kier alpha value is -3.48. The fraction of sp³-hybridized carbons (Fsp3) is 0.292. The van der Waals surface area contributed by atoms with E-state index in [4.69, 9.17) is 0 Å². The molecule has 31 heavy (non-hydrogen) atoms. The molecule has 1 N–H and O–H groups in total. The molecule has 2 heterocycles. The molecular formula is C24H25FN4O2. The van der Waals surface area contributed by atoms with E-state index in [0.717, 1.165) is 24.9 Å². The Morgan fingerprint density at radius 1 is 1.13 bits per heavy atom. The lowest BCUT2D eigenvalue weighted by molar-refractivity contribution is -0.125. The Kier molecular flexibility index (Phi) is 6.11. The van der Waals surface area contributed by atoms with Crippen LogP contribution in [0, 0.1) is 11.7 Å². The van der Waals surface area contributed by atoms with E-state index in [1.807, 2.05) is 42.2 Å². The van der Waals surface area contributed by atoms with E-state index in [9.17, 15) is 14.0 Å². The van der Waals surface area contributed by atoms with Gasteiger partial charge in [-0.25, -0.2) is 4.39 Å². The molecule has 1 fully saturated rings. The first kappa shape index (κ1) is 20.8. The highest BCUT2D eigenvalue weighted by Crippen LogP contribution is 2.23. The van der Waals surface area contributed by atoms with Gasteiger partial charge >= 0.3 is 0 Å². The summed E-state index contributed by atoms with van der Waals surface area (Å²) in [5.74, 6) is 0.00656. The zero-order chi connectivity index (χ0) is 21.8. The van der Waals surface area contributed by atoms with Crippen LogP contribution in [0.2, 0.25) is 0 Å².